The van der Waals surface area contributed by atoms with Crippen molar-refractivity contribution in [2.24, 2.45) is 0 Å². The van der Waals surface area contributed by atoms with Gasteiger partial charge in [-0.25, -0.2) is 9.97 Å². The van der Waals surface area contributed by atoms with Gasteiger partial charge in [-0.2, -0.15) is 0 Å². The largest absolute Gasteiger partial charge is 0.370 e. The van der Waals surface area contributed by atoms with E-state index in [0.29, 0.717) is 30.4 Å². The molecule has 3 rings (SSSR count). The van der Waals surface area contributed by atoms with Crippen molar-refractivity contribution in [3.05, 3.63) is 82.5 Å². The Morgan fingerprint density at radius 3 is 2.78 bits per heavy atom. The number of aryl methyl sites for hydroxylation is 1. The van der Waals surface area contributed by atoms with Gasteiger partial charge < -0.3 is 10.6 Å². The Labute approximate surface area is 163 Å². The lowest BCUT2D eigenvalue weighted by atomic mass is 10.1. The van der Waals surface area contributed by atoms with E-state index < -0.39 is 0 Å². The Kier molecular flexibility index (Phi) is 6.33. The summed E-state index contributed by atoms with van der Waals surface area (Å²) in [5.41, 5.74) is 2.24. The lowest BCUT2D eigenvalue weighted by Crippen LogP contribution is -2.25. The van der Waals surface area contributed by atoms with Crippen molar-refractivity contribution in [3.63, 3.8) is 0 Å². The molecule has 2 N–H and O–H groups in total. The van der Waals surface area contributed by atoms with E-state index in [2.05, 4.69) is 25.6 Å². The number of benzene rings is 1. The second-order valence-electron chi connectivity index (χ2n) is 6.00. The van der Waals surface area contributed by atoms with Crippen molar-refractivity contribution < 1.29 is 4.79 Å². The minimum absolute atomic E-state index is 0.260. The Morgan fingerprint density at radius 1 is 1.11 bits per heavy atom. The van der Waals surface area contributed by atoms with E-state index in [4.69, 9.17) is 11.6 Å². The third-order valence-corrected chi connectivity index (χ3v) is 4.07. The molecule has 0 saturated carbocycles. The van der Waals surface area contributed by atoms with Crippen LogP contribution in [-0.4, -0.2) is 27.4 Å². The van der Waals surface area contributed by atoms with Gasteiger partial charge in [0.1, 0.15) is 17.3 Å². The topological polar surface area (TPSA) is 79.8 Å². The summed E-state index contributed by atoms with van der Waals surface area (Å²) in [5, 5.41) is 6.78. The average Bonchev–Trinajstić information content (AvgIpc) is 2.66. The average molecular weight is 382 g/mol. The van der Waals surface area contributed by atoms with Crippen LogP contribution in [-0.2, 0) is 13.0 Å². The number of carbonyl (C=O) groups excluding carboxylic acids is 1. The highest BCUT2D eigenvalue weighted by molar-refractivity contribution is 6.30. The molecule has 0 unspecified atom stereocenters. The van der Waals surface area contributed by atoms with Crippen LogP contribution in [0.5, 0.6) is 0 Å². The number of halogens is 1. The maximum atomic E-state index is 12.4. The van der Waals surface area contributed by atoms with Crippen LogP contribution in [0.25, 0.3) is 0 Å². The summed E-state index contributed by atoms with van der Waals surface area (Å²) in [6.45, 7) is 2.78. The van der Waals surface area contributed by atoms with Crippen LogP contribution in [0.4, 0.5) is 5.82 Å². The molecule has 1 amide bonds. The number of hydrogen-bond acceptors (Lipinski definition) is 5. The number of anilines is 1. The van der Waals surface area contributed by atoms with Gasteiger partial charge in [-0.3, -0.25) is 9.78 Å². The highest BCUT2D eigenvalue weighted by Gasteiger charge is 2.10. The summed E-state index contributed by atoms with van der Waals surface area (Å²) in [6, 6.07) is 15.0. The highest BCUT2D eigenvalue weighted by Crippen LogP contribution is 2.12. The fourth-order valence-electron chi connectivity index (χ4n) is 2.57. The number of pyridine rings is 1. The number of hydrogen-bond donors (Lipinski definition) is 2. The molecule has 0 aliphatic carbocycles. The molecule has 0 aliphatic heterocycles. The van der Waals surface area contributed by atoms with Crippen molar-refractivity contribution in [1.29, 1.82) is 0 Å². The Balaban J connectivity index is 1.59. The quantitative estimate of drug-likeness (QED) is 0.655. The number of amides is 1. The van der Waals surface area contributed by atoms with Crippen LogP contribution in [0.15, 0.2) is 54.7 Å². The summed E-state index contributed by atoms with van der Waals surface area (Å²) in [6.07, 6.45) is 2.49. The number of nitrogens with one attached hydrogen (secondary N) is 2. The van der Waals surface area contributed by atoms with E-state index in [-0.39, 0.29) is 5.91 Å². The molecule has 2 aromatic heterocycles. The van der Waals surface area contributed by atoms with Gasteiger partial charge in [0.2, 0.25) is 0 Å². The SMILES string of the molecule is Cc1nc(NCCc2cccc(Cl)c2)cc(C(=O)NCc2ccccn2)n1. The highest BCUT2D eigenvalue weighted by atomic mass is 35.5. The van der Waals surface area contributed by atoms with E-state index in [1.807, 2.05) is 42.5 Å². The fraction of sp³-hybridized carbons (Fsp3) is 0.200. The van der Waals surface area contributed by atoms with Crippen LogP contribution in [0.1, 0.15) is 27.6 Å². The normalized spacial score (nSPS) is 10.4. The summed E-state index contributed by atoms with van der Waals surface area (Å²) >= 11 is 6.00. The van der Waals surface area contributed by atoms with Crippen molar-refractivity contribution in [2.75, 3.05) is 11.9 Å². The fourth-order valence-corrected chi connectivity index (χ4v) is 2.78. The second-order valence-corrected chi connectivity index (χ2v) is 6.43. The van der Waals surface area contributed by atoms with E-state index >= 15 is 0 Å². The van der Waals surface area contributed by atoms with E-state index in [0.717, 1.165) is 22.7 Å². The van der Waals surface area contributed by atoms with Gasteiger partial charge in [-0.05, 0) is 43.2 Å². The Hall–Kier alpha value is -2.99. The maximum Gasteiger partial charge on any atom is 0.270 e. The number of carbonyl (C=O) groups is 1. The van der Waals surface area contributed by atoms with Crippen molar-refractivity contribution in [1.82, 2.24) is 20.3 Å². The summed E-state index contributed by atoms with van der Waals surface area (Å²) in [5.74, 6) is 0.891. The molecular formula is C20H20ClN5O. The zero-order valence-electron chi connectivity index (χ0n) is 14.9. The molecule has 138 valence electrons. The summed E-state index contributed by atoms with van der Waals surface area (Å²) in [4.78, 5) is 25.1. The lowest BCUT2D eigenvalue weighted by molar-refractivity contribution is 0.0945. The molecule has 0 spiro atoms. The molecule has 7 heteroatoms. The first kappa shape index (κ1) is 18.8. The molecule has 6 nitrogen and oxygen atoms in total. The summed E-state index contributed by atoms with van der Waals surface area (Å²) < 4.78 is 0. The Morgan fingerprint density at radius 2 is 2.00 bits per heavy atom. The third-order valence-electron chi connectivity index (χ3n) is 3.84. The van der Waals surface area contributed by atoms with Crippen LogP contribution in [0, 0.1) is 6.92 Å². The van der Waals surface area contributed by atoms with Gasteiger partial charge in [0.25, 0.3) is 5.91 Å². The first-order valence-corrected chi connectivity index (χ1v) is 9.00. The first-order chi connectivity index (χ1) is 13.1. The molecule has 0 fully saturated rings. The standard InChI is InChI=1S/C20H20ClN5O/c1-14-25-18(20(27)24-13-17-7-2-3-9-22-17)12-19(26-14)23-10-8-15-5-4-6-16(21)11-15/h2-7,9,11-12H,8,10,13H2,1H3,(H,24,27)(H,23,25,26). The van der Waals surface area contributed by atoms with Crippen LogP contribution in [0.2, 0.25) is 5.02 Å². The molecule has 1 aromatic carbocycles. The molecule has 3 aromatic rings. The van der Waals surface area contributed by atoms with E-state index in [9.17, 15) is 4.79 Å². The number of rotatable bonds is 7. The van der Waals surface area contributed by atoms with Gasteiger partial charge >= 0.3 is 0 Å². The molecule has 0 radical (unpaired) electrons. The predicted octanol–water partition coefficient (Wildman–Crippen LogP) is 3.42. The zero-order valence-corrected chi connectivity index (χ0v) is 15.7. The second kappa shape index (κ2) is 9.09. The lowest BCUT2D eigenvalue weighted by Gasteiger charge is -2.09. The monoisotopic (exact) mass is 381 g/mol. The number of aromatic nitrogens is 3. The van der Waals surface area contributed by atoms with Crippen LogP contribution < -0.4 is 10.6 Å². The van der Waals surface area contributed by atoms with Gasteiger partial charge in [-0.1, -0.05) is 29.8 Å². The third kappa shape index (κ3) is 5.76. The molecule has 0 saturated heterocycles. The first-order valence-electron chi connectivity index (χ1n) is 8.62. The van der Waals surface area contributed by atoms with Crippen molar-refractivity contribution >= 4 is 23.3 Å². The minimum atomic E-state index is -0.260. The van der Waals surface area contributed by atoms with Crippen LogP contribution >= 0.6 is 11.6 Å². The maximum absolute atomic E-state index is 12.4. The minimum Gasteiger partial charge on any atom is -0.370 e. The smallest absolute Gasteiger partial charge is 0.270 e. The van der Waals surface area contributed by atoms with Gasteiger partial charge in [0.15, 0.2) is 0 Å². The molecule has 2 heterocycles. The van der Waals surface area contributed by atoms with Gasteiger partial charge in [-0.15, -0.1) is 0 Å². The molecule has 0 atom stereocenters. The number of nitrogens with zero attached hydrogens (tertiary/aromatic N) is 3. The summed E-state index contributed by atoms with van der Waals surface area (Å²) in [7, 11) is 0. The molecule has 0 aliphatic rings. The zero-order chi connectivity index (χ0) is 19.1. The van der Waals surface area contributed by atoms with Crippen molar-refractivity contribution in [3.8, 4) is 0 Å². The van der Waals surface area contributed by atoms with E-state index in [1.54, 1.807) is 19.2 Å². The van der Waals surface area contributed by atoms with Crippen LogP contribution in [0.3, 0.4) is 0 Å². The van der Waals surface area contributed by atoms with E-state index in [1.165, 1.54) is 0 Å². The molecular weight excluding hydrogens is 362 g/mol. The molecule has 0 bridgehead atoms. The van der Waals surface area contributed by atoms with Gasteiger partial charge in [0, 0.05) is 23.8 Å². The molecule has 27 heavy (non-hydrogen) atoms. The van der Waals surface area contributed by atoms with Gasteiger partial charge in [0.05, 0.1) is 12.2 Å². The Bertz CT molecular complexity index is 917. The van der Waals surface area contributed by atoms with Crippen molar-refractivity contribution in [2.45, 2.75) is 19.9 Å². The predicted molar refractivity (Wildman–Crippen MR) is 106 cm³/mol.